The van der Waals surface area contributed by atoms with Gasteiger partial charge in [-0.1, -0.05) is 0 Å². The van der Waals surface area contributed by atoms with E-state index in [0.717, 1.165) is 6.92 Å². The van der Waals surface area contributed by atoms with E-state index >= 15 is 0 Å². The zero-order chi connectivity index (χ0) is 13.4. The molecule has 0 radical (unpaired) electrons. The van der Waals surface area contributed by atoms with Crippen molar-refractivity contribution in [2.24, 2.45) is 0 Å². The monoisotopic (exact) mass is 260 g/mol. The van der Waals surface area contributed by atoms with Gasteiger partial charge in [-0.05, 0) is 6.92 Å². The summed E-state index contributed by atoms with van der Waals surface area (Å²) in [5, 5.41) is 0. The minimum absolute atomic E-state index is 0.378. The number of nitrogens with zero attached hydrogens (tertiary/aromatic N) is 1. The molecule has 0 saturated carbocycles. The Morgan fingerprint density at radius 2 is 1.71 bits per heavy atom. The lowest BCUT2D eigenvalue weighted by molar-refractivity contribution is -0.276. The SMILES string of the molecule is Cc1nc(N)cc(OC(F)(F)F)c1C(F)(F)F. The minimum Gasteiger partial charge on any atom is -0.405 e. The Labute approximate surface area is 91.2 Å². The van der Waals surface area contributed by atoms with Crippen LogP contribution in [0, 0.1) is 6.92 Å². The summed E-state index contributed by atoms with van der Waals surface area (Å²) in [6.07, 6.45) is -10.2. The average molecular weight is 260 g/mol. The normalized spacial score (nSPS) is 12.6. The molecule has 1 aromatic heterocycles. The van der Waals surface area contributed by atoms with E-state index in [1.54, 1.807) is 0 Å². The maximum absolute atomic E-state index is 12.5. The van der Waals surface area contributed by atoms with Crippen molar-refractivity contribution in [1.82, 2.24) is 4.98 Å². The van der Waals surface area contributed by atoms with Gasteiger partial charge < -0.3 is 10.5 Å². The van der Waals surface area contributed by atoms with Crippen molar-refractivity contribution < 1.29 is 31.1 Å². The second kappa shape index (κ2) is 3.97. The molecule has 0 atom stereocenters. The number of ether oxygens (including phenoxy) is 1. The Morgan fingerprint density at radius 3 is 2.12 bits per heavy atom. The molecule has 0 fully saturated rings. The van der Waals surface area contributed by atoms with Gasteiger partial charge in [-0.25, -0.2) is 4.98 Å². The number of pyridine rings is 1. The maximum Gasteiger partial charge on any atom is 0.573 e. The standard InChI is InChI=1S/C8H6F6N2O/c1-3-6(7(9,10)11)4(2-5(15)16-3)17-8(12,13)14/h2H,1H3,(H2,15,16). The Kier molecular flexibility index (Phi) is 3.13. The van der Waals surface area contributed by atoms with Gasteiger partial charge in [-0.15, -0.1) is 13.2 Å². The first-order chi connectivity index (χ1) is 7.50. The molecule has 0 aliphatic heterocycles. The van der Waals surface area contributed by atoms with E-state index in [2.05, 4.69) is 9.72 Å². The number of alkyl halides is 6. The van der Waals surface area contributed by atoms with Gasteiger partial charge in [0.15, 0.2) is 0 Å². The van der Waals surface area contributed by atoms with E-state index in [1.807, 2.05) is 0 Å². The lowest BCUT2D eigenvalue weighted by Gasteiger charge is -2.17. The van der Waals surface area contributed by atoms with Crippen LogP contribution >= 0.6 is 0 Å². The molecule has 2 N–H and O–H groups in total. The maximum atomic E-state index is 12.5. The van der Waals surface area contributed by atoms with Crippen molar-refractivity contribution in [2.45, 2.75) is 19.5 Å². The summed E-state index contributed by atoms with van der Waals surface area (Å²) >= 11 is 0. The van der Waals surface area contributed by atoms with Gasteiger partial charge in [0.2, 0.25) is 0 Å². The van der Waals surface area contributed by atoms with Crippen LogP contribution in [0.3, 0.4) is 0 Å². The second-order valence-corrected chi connectivity index (χ2v) is 3.05. The number of rotatable bonds is 1. The summed E-state index contributed by atoms with van der Waals surface area (Å²) in [5.74, 6) is -1.90. The highest BCUT2D eigenvalue weighted by molar-refractivity contribution is 5.47. The summed E-state index contributed by atoms with van der Waals surface area (Å²) < 4.78 is 76.5. The van der Waals surface area contributed by atoms with Gasteiger partial charge in [0.1, 0.15) is 17.1 Å². The molecule has 1 heterocycles. The summed E-state index contributed by atoms with van der Waals surface area (Å²) in [7, 11) is 0. The van der Waals surface area contributed by atoms with Crippen molar-refractivity contribution in [3.05, 3.63) is 17.3 Å². The fraction of sp³-hybridized carbons (Fsp3) is 0.375. The van der Waals surface area contributed by atoms with Gasteiger partial charge in [-0.2, -0.15) is 13.2 Å². The highest BCUT2D eigenvalue weighted by atomic mass is 19.4. The second-order valence-electron chi connectivity index (χ2n) is 3.05. The molecule has 0 saturated heterocycles. The molecular formula is C8H6F6N2O. The van der Waals surface area contributed by atoms with Crippen molar-refractivity contribution in [2.75, 3.05) is 5.73 Å². The van der Waals surface area contributed by atoms with Crippen molar-refractivity contribution in [3.8, 4) is 5.75 Å². The summed E-state index contributed by atoms with van der Waals surface area (Å²) in [4.78, 5) is 3.24. The first-order valence-electron chi connectivity index (χ1n) is 4.11. The van der Waals surface area contributed by atoms with E-state index in [-0.39, 0.29) is 0 Å². The predicted octanol–water partition coefficient (Wildman–Crippen LogP) is 2.89. The summed E-state index contributed by atoms with van der Waals surface area (Å²) in [6.45, 7) is 0.891. The van der Waals surface area contributed by atoms with Gasteiger partial charge in [0.25, 0.3) is 0 Å². The Balaban J connectivity index is 3.36. The molecule has 0 spiro atoms. The molecule has 0 unspecified atom stereocenters. The zero-order valence-electron chi connectivity index (χ0n) is 8.28. The van der Waals surface area contributed by atoms with E-state index < -0.39 is 35.4 Å². The molecule has 9 heteroatoms. The predicted molar refractivity (Wildman–Crippen MR) is 45.1 cm³/mol. The highest BCUT2D eigenvalue weighted by Gasteiger charge is 2.41. The number of aromatic nitrogens is 1. The van der Waals surface area contributed by atoms with E-state index in [0.29, 0.717) is 6.07 Å². The first-order valence-corrected chi connectivity index (χ1v) is 4.11. The van der Waals surface area contributed by atoms with Gasteiger partial charge in [0, 0.05) is 6.07 Å². The number of nitrogen functional groups attached to an aromatic ring is 1. The number of hydrogen-bond acceptors (Lipinski definition) is 3. The molecule has 0 amide bonds. The number of aryl methyl sites for hydroxylation is 1. The molecule has 0 aliphatic rings. The summed E-state index contributed by atoms with van der Waals surface area (Å²) in [5.41, 5.74) is 2.79. The first kappa shape index (κ1) is 13.4. The van der Waals surface area contributed by atoms with Crippen molar-refractivity contribution >= 4 is 5.82 Å². The highest BCUT2D eigenvalue weighted by Crippen LogP contribution is 2.40. The van der Waals surface area contributed by atoms with Crippen molar-refractivity contribution in [3.63, 3.8) is 0 Å². The third kappa shape index (κ3) is 3.40. The minimum atomic E-state index is -5.24. The summed E-state index contributed by atoms with van der Waals surface area (Å²) in [6, 6.07) is 0.378. The molecule has 1 rings (SSSR count). The quantitative estimate of drug-likeness (QED) is 0.790. The molecule has 0 aromatic carbocycles. The molecule has 17 heavy (non-hydrogen) atoms. The van der Waals surface area contributed by atoms with Crippen LogP contribution in [-0.4, -0.2) is 11.3 Å². The number of nitrogens with two attached hydrogens (primary N) is 1. The van der Waals surface area contributed by atoms with Crippen LogP contribution in [0.1, 0.15) is 11.3 Å². The molecular weight excluding hydrogens is 254 g/mol. The molecule has 1 aromatic rings. The third-order valence-electron chi connectivity index (χ3n) is 1.69. The third-order valence-corrected chi connectivity index (χ3v) is 1.69. The number of hydrogen-bond donors (Lipinski definition) is 1. The smallest absolute Gasteiger partial charge is 0.405 e. The van der Waals surface area contributed by atoms with E-state index in [4.69, 9.17) is 5.73 Å². The lowest BCUT2D eigenvalue weighted by Crippen LogP contribution is -2.21. The van der Waals surface area contributed by atoms with Crippen LogP contribution in [0.5, 0.6) is 5.75 Å². The van der Waals surface area contributed by atoms with Crippen LogP contribution in [0.2, 0.25) is 0 Å². The Bertz CT molecular complexity index is 425. The topological polar surface area (TPSA) is 48.1 Å². The van der Waals surface area contributed by atoms with Crippen LogP contribution in [0.4, 0.5) is 32.2 Å². The fourth-order valence-corrected chi connectivity index (χ4v) is 1.22. The van der Waals surface area contributed by atoms with Crippen LogP contribution in [-0.2, 0) is 6.18 Å². The number of anilines is 1. The van der Waals surface area contributed by atoms with Crippen LogP contribution in [0.15, 0.2) is 6.07 Å². The van der Waals surface area contributed by atoms with E-state index in [1.165, 1.54) is 0 Å². The van der Waals surface area contributed by atoms with Crippen LogP contribution in [0.25, 0.3) is 0 Å². The lowest BCUT2D eigenvalue weighted by atomic mass is 10.1. The fourth-order valence-electron chi connectivity index (χ4n) is 1.22. The Hall–Kier alpha value is -1.67. The molecule has 3 nitrogen and oxygen atoms in total. The van der Waals surface area contributed by atoms with Crippen molar-refractivity contribution in [1.29, 1.82) is 0 Å². The van der Waals surface area contributed by atoms with E-state index in [9.17, 15) is 26.3 Å². The van der Waals surface area contributed by atoms with Gasteiger partial charge in [-0.3, -0.25) is 0 Å². The average Bonchev–Trinajstić information content (AvgIpc) is 1.94. The zero-order valence-corrected chi connectivity index (χ0v) is 8.28. The Morgan fingerprint density at radius 1 is 1.18 bits per heavy atom. The van der Waals surface area contributed by atoms with Crippen LogP contribution < -0.4 is 10.5 Å². The van der Waals surface area contributed by atoms with Gasteiger partial charge >= 0.3 is 12.5 Å². The molecule has 0 bridgehead atoms. The molecule has 96 valence electrons. The number of halogens is 6. The molecule has 0 aliphatic carbocycles. The largest absolute Gasteiger partial charge is 0.573 e. The van der Waals surface area contributed by atoms with Gasteiger partial charge in [0.05, 0.1) is 5.69 Å².